The van der Waals surface area contributed by atoms with E-state index in [9.17, 15) is 9.59 Å². The molecule has 1 amide bonds. The SMILES string of the molecule is O=C(CSc1nc2ccccc2c(=O)n1-c1ccccc1Cl)NCc1cccs1. The van der Waals surface area contributed by atoms with Gasteiger partial charge in [-0.3, -0.25) is 14.2 Å². The van der Waals surface area contributed by atoms with E-state index in [4.69, 9.17) is 11.6 Å². The molecule has 0 aliphatic carbocycles. The number of benzene rings is 2. The molecule has 29 heavy (non-hydrogen) atoms. The lowest BCUT2D eigenvalue weighted by atomic mass is 10.2. The highest BCUT2D eigenvalue weighted by Gasteiger charge is 2.16. The molecule has 2 heterocycles. The number of nitrogens with one attached hydrogen (secondary N) is 1. The molecule has 0 aliphatic heterocycles. The maximum atomic E-state index is 13.2. The van der Waals surface area contributed by atoms with E-state index in [1.165, 1.54) is 16.3 Å². The molecule has 0 radical (unpaired) electrons. The monoisotopic (exact) mass is 441 g/mol. The van der Waals surface area contributed by atoms with Crippen LogP contribution in [0.5, 0.6) is 0 Å². The molecule has 0 aliphatic rings. The molecule has 0 atom stereocenters. The van der Waals surface area contributed by atoms with Crippen molar-refractivity contribution in [3.05, 3.63) is 86.3 Å². The third-order valence-corrected chi connectivity index (χ3v) is 6.35. The standard InChI is InChI=1S/C21H16ClN3O2S2/c22-16-8-2-4-10-18(16)25-20(27)15-7-1-3-9-17(15)24-21(25)29-13-19(26)23-12-14-6-5-11-28-14/h1-11H,12-13H2,(H,23,26). The molecule has 0 saturated heterocycles. The Morgan fingerprint density at radius 3 is 2.69 bits per heavy atom. The summed E-state index contributed by atoms with van der Waals surface area (Å²) in [6, 6.07) is 18.2. The summed E-state index contributed by atoms with van der Waals surface area (Å²) in [6.07, 6.45) is 0. The van der Waals surface area contributed by atoms with Gasteiger partial charge in [0, 0.05) is 4.88 Å². The maximum absolute atomic E-state index is 13.2. The molecular formula is C21H16ClN3O2S2. The second kappa shape index (κ2) is 8.82. The van der Waals surface area contributed by atoms with Crippen LogP contribution in [0.1, 0.15) is 4.88 Å². The maximum Gasteiger partial charge on any atom is 0.266 e. The summed E-state index contributed by atoms with van der Waals surface area (Å²) in [5, 5.41) is 6.22. The Morgan fingerprint density at radius 1 is 1.10 bits per heavy atom. The zero-order chi connectivity index (χ0) is 20.2. The lowest BCUT2D eigenvalue weighted by molar-refractivity contribution is -0.118. The predicted octanol–water partition coefficient (Wildman–Crippen LogP) is 4.51. The first-order valence-electron chi connectivity index (χ1n) is 8.82. The van der Waals surface area contributed by atoms with Gasteiger partial charge in [-0.15, -0.1) is 11.3 Å². The summed E-state index contributed by atoms with van der Waals surface area (Å²) >= 11 is 9.15. The van der Waals surface area contributed by atoms with E-state index in [2.05, 4.69) is 10.3 Å². The average Bonchev–Trinajstić information content (AvgIpc) is 3.25. The van der Waals surface area contributed by atoms with Gasteiger partial charge in [-0.1, -0.05) is 53.7 Å². The number of hydrogen-bond donors (Lipinski definition) is 1. The largest absolute Gasteiger partial charge is 0.350 e. The first-order chi connectivity index (χ1) is 14.1. The number of carbonyl (C=O) groups excluding carboxylic acids is 1. The van der Waals surface area contributed by atoms with Crippen LogP contribution in [0.25, 0.3) is 16.6 Å². The number of thioether (sulfide) groups is 1. The summed E-state index contributed by atoms with van der Waals surface area (Å²) in [5.74, 6) is 0.0113. The third-order valence-electron chi connectivity index (χ3n) is 4.21. The molecule has 0 spiro atoms. The molecule has 0 saturated carbocycles. The number of thiophene rings is 1. The van der Waals surface area contributed by atoms with Gasteiger partial charge in [-0.05, 0) is 35.7 Å². The van der Waals surface area contributed by atoms with E-state index in [1.807, 2.05) is 29.6 Å². The molecule has 146 valence electrons. The normalized spacial score (nSPS) is 10.9. The number of amides is 1. The first-order valence-corrected chi connectivity index (χ1v) is 11.1. The van der Waals surface area contributed by atoms with Crippen molar-refractivity contribution in [2.45, 2.75) is 11.7 Å². The Balaban J connectivity index is 1.65. The summed E-state index contributed by atoms with van der Waals surface area (Å²) in [5.41, 5.74) is 0.909. The molecule has 5 nitrogen and oxygen atoms in total. The van der Waals surface area contributed by atoms with E-state index in [0.717, 1.165) is 4.88 Å². The number of aromatic nitrogens is 2. The topological polar surface area (TPSA) is 64.0 Å². The minimum Gasteiger partial charge on any atom is -0.350 e. The Kier molecular flexibility index (Phi) is 5.99. The Bertz CT molecular complexity index is 1220. The van der Waals surface area contributed by atoms with Crippen molar-refractivity contribution in [3.63, 3.8) is 0 Å². The minimum absolute atomic E-state index is 0.128. The third kappa shape index (κ3) is 4.37. The summed E-state index contributed by atoms with van der Waals surface area (Å²) in [7, 11) is 0. The van der Waals surface area contributed by atoms with Gasteiger partial charge < -0.3 is 5.32 Å². The van der Waals surface area contributed by atoms with Crippen LogP contribution in [0, 0.1) is 0 Å². The van der Waals surface area contributed by atoms with Gasteiger partial charge in [-0.2, -0.15) is 0 Å². The van der Waals surface area contributed by atoms with E-state index in [-0.39, 0.29) is 17.2 Å². The molecular weight excluding hydrogens is 426 g/mol. The molecule has 8 heteroatoms. The lowest BCUT2D eigenvalue weighted by Gasteiger charge is -2.14. The van der Waals surface area contributed by atoms with Crippen molar-refractivity contribution < 1.29 is 4.79 Å². The number of halogens is 1. The fraction of sp³-hybridized carbons (Fsp3) is 0.0952. The van der Waals surface area contributed by atoms with E-state index < -0.39 is 0 Å². The number of para-hydroxylation sites is 2. The molecule has 0 unspecified atom stereocenters. The fourth-order valence-corrected chi connectivity index (χ4v) is 4.53. The Labute approximate surface area is 180 Å². The number of nitrogens with zero attached hydrogens (tertiary/aromatic N) is 2. The average molecular weight is 442 g/mol. The van der Waals surface area contributed by atoms with Gasteiger partial charge in [0.1, 0.15) is 0 Å². The second-order valence-electron chi connectivity index (χ2n) is 6.15. The highest BCUT2D eigenvalue weighted by atomic mass is 35.5. The quantitative estimate of drug-likeness (QED) is 0.353. The van der Waals surface area contributed by atoms with Crippen LogP contribution in [0.2, 0.25) is 5.02 Å². The lowest BCUT2D eigenvalue weighted by Crippen LogP contribution is -2.26. The number of fused-ring (bicyclic) bond motifs is 1. The van der Waals surface area contributed by atoms with Crippen molar-refractivity contribution in [2.75, 3.05) is 5.75 Å². The smallest absolute Gasteiger partial charge is 0.266 e. The fourth-order valence-electron chi connectivity index (χ4n) is 2.83. The van der Waals surface area contributed by atoms with Crippen LogP contribution < -0.4 is 10.9 Å². The van der Waals surface area contributed by atoms with Crippen molar-refractivity contribution in [2.24, 2.45) is 0 Å². The zero-order valence-corrected chi connectivity index (χ0v) is 17.6. The molecule has 0 fully saturated rings. The minimum atomic E-state index is -0.217. The Hall–Kier alpha value is -2.61. The molecule has 0 bridgehead atoms. The van der Waals surface area contributed by atoms with Crippen molar-refractivity contribution in [1.82, 2.24) is 14.9 Å². The first kappa shape index (κ1) is 19.7. The van der Waals surface area contributed by atoms with Gasteiger partial charge in [0.2, 0.25) is 5.91 Å². The summed E-state index contributed by atoms with van der Waals surface area (Å²) < 4.78 is 1.47. The molecule has 4 aromatic rings. The van der Waals surface area contributed by atoms with Crippen molar-refractivity contribution >= 4 is 51.5 Å². The van der Waals surface area contributed by atoms with E-state index in [1.54, 1.807) is 47.7 Å². The van der Waals surface area contributed by atoms with Crippen LogP contribution in [-0.2, 0) is 11.3 Å². The van der Waals surface area contributed by atoms with Gasteiger partial charge in [0.05, 0.1) is 33.9 Å². The second-order valence-corrected chi connectivity index (χ2v) is 8.53. The van der Waals surface area contributed by atoms with Gasteiger partial charge >= 0.3 is 0 Å². The van der Waals surface area contributed by atoms with Gasteiger partial charge in [0.25, 0.3) is 5.56 Å². The zero-order valence-electron chi connectivity index (χ0n) is 15.2. The van der Waals surface area contributed by atoms with E-state index in [0.29, 0.717) is 33.3 Å². The van der Waals surface area contributed by atoms with Crippen molar-refractivity contribution in [3.8, 4) is 5.69 Å². The number of carbonyl (C=O) groups is 1. The van der Waals surface area contributed by atoms with Gasteiger partial charge in [-0.25, -0.2) is 4.98 Å². The van der Waals surface area contributed by atoms with Crippen LogP contribution >= 0.6 is 34.7 Å². The molecule has 2 aromatic heterocycles. The van der Waals surface area contributed by atoms with Crippen LogP contribution in [0.15, 0.2) is 76.0 Å². The van der Waals surface area contributed by atoms with Crippen LogP contribution in [0.3, 0.4) is 0 Å². The van der Waals surface area contributed by atoms with Crippen molar-refractivity contribution in [1.29, 1.82) is 0 Å². The van der Waals surface area contributed by atoms with E-state index >= 15 is 0 Å². The highest BCUT2D eigenvalue weighted by Crippen LogP contribution is 2.25. The van der Waals surface area contributed by atoms with Crippen LogP contribution in [-0.4, -0.2) is 21.2 Å². The summed E-state index contributed by atoms with van der Waals surface area (Å²) in [4.78, 5) is 31.2. The molecule has 4 rings (SSSR count). The van der Waals surface area contributed by atoms with Crippen LogP contribution in [0.4, 0.5) is 0 Å². The number of rotatable bonds is 6. The molecule has 1 N–H and O–H groups in total. The highest BCUT2D eigenvalue weighted by molar-refractivity contribution is 7.99. The predicted molar refractivity (Wildman–Crippen MR) is 119 cm³/mol. The van der Waals surface area contributed by atoms with Gasteiger partial charge in [0.15, 0.2) is 5.16 Å². The Morgan fingerprint density at radius 2 is 1.90 bits per heavy atom. The summed E-state index contributed by atoms with van der Waals surface area (Å²) in [6.45, 7) is 0.486. The molecule has 2 aromatic carbocycles. The number of hydrogen-bond acceptors (Lipinski definition) is 5.